The van der Waals surface area contributed by atoms with Gasteiger partial charge in [0.2, 0.25) is 0 Å². The molecule has 0 fully saturated rings. The number of nitrogens with zero attached hydrogens (tertiary/aromatic N) is 4. The minimum absolute atomic E-state index is 0.398. The third-order valence-corrected chi connectivity index (χ3v) is 6.54. The molecule has 0 spiro atoms. The summed E-state index contributed by atoms with van der Waals surface area (Å²) in [5, 5.41) is 10.7. The number of rotatable bonds is 4. The van der Waals surface area contributed by atoms with E-state index in [1.807, 2.05) is 71.7 Å². The SMILES string of the molecule is Cc1nn(Cn2nc(-c3cccc(Br)c3)c(Cl)c2-c2cccc(Br)c2)c(C)c1Cl. The second kappa shape index (κ2) is 8.26. The Balaban J connectivity index is 1.90. The molecule has 4 rings (SSSR count). The van der Waals surface area contributed by atoms with Gasteiger partial charge in [-0.05, 0) is 38.1 Å². The second-order valence-corrected chi connectivity index (χ2v) is 9.24. The van der Waals surface area contributed by atoms with E-state index in [0.29, 0.717) is 16.7 Å². The molecule has 0 unspecified atom stereocenters. The molecule has 2 aromatic carbocycles. The van der Waals surface area contributed by atoms with Gasteiger partial charge < -0.3 is 0 Å². The minimum atomic E-state index is 0.398. The predicted octanol–water partition coefficient (Wildman–Crippen LogP) is 7.37. The van der Waals surface area contributed by atoms with Crippen LogP contribution in [0.3, 0.4) is 0 Å². The number of hydrogen-bond donors (Lipinski definition) is 0. The van der Waals surface area contributed by atoms with Crippen LogP contribution in [-0.2, 0) is 6.67 Å². The Kier molecular flexibility index (Phi) is 5.89. The maximum Gasteiger partial charge on any atom is 0.134 e. The van der Waals surface area contributed by atoms with Crippen LogP contribution in [-0.4, -0.2) is 19.6 Å². The van der Waals surface area contributed by atoms with Gasteiger partial charge in [-0.3, -0.25) is 0 Å². The molecule has 0 atom stereocenters. The van der Waals surface area contributed by atoms with Crippen molar-refractivity contribution >= 4 is 55.1 Å². The first-order valence-electron chi connectivity index (χ1n) is 8.83. The van der Waals surface area contributed by atoms with E-state index in [-0.39, 0.29) is 0 Å². The Morgan fingerprint density at radius 1 is 0.828 bits per heavy atom. The lowest BCUT2D eigenvalue weighted by Gasteiger charge is -2.10. The number of aryl methyl sites for hydroxylation is 1. The zero-order valence-corrected chi connectivity index (χ0v) is 20.3. The Morgan fingerprint density at radius 2 is 1.45 bits per heavy atom. The van der Waals surface area contributed by atoms with Crippen molar-refractivity contribution in [2.45, 2.75) is 20.5 Å². The summed E-state index contributed by atoms with van der Waals surface area (Å²) in [6.45, 7) is 4.24. The quantitative estimate of drug-likeness (QED) is 0.264. The third kappa shape index (κ3) is 4.04. The average Bonchev–Trinajstić information content (AvgIpc) is 3.13. The van der Waals surface area contributed by atoms with Crippen LogP contribution >= 0.6 is 55.1 Å². The summed E-state index contributed by atoms with van der Waals surface area (Å²) in [6, 6.07) is 15.9. The molecule has 0 aliphatic carbocycles. The van der Waals surface area contributed by atoms with Gasteiger partial charge in [0.25, 0.3) is 0 Å². The lowest BCUT2D eigenvalue weighted by molar-refractivity contribution is 0.496. The fourth-order valence-corrected chi connectivity index (χ4v) is 4.50. The van der Waals surface area contributed by atoms with Crippen molar-refractivity contribution in [1.29, 1.82) is 0 Å². The third-order valence-electron chi connectivity index (χ3n) is 4.65. The lowest BCUT2D eigenvalue weighted by atomic mass is 10.1. The highest BCUT2D eigenvalue weighted by Gasteiger charge is 2.21. The first-order valence-corrected chi connectivity index (χ1v) is 11.2. The number of halogens is 4. The van der Waals surface area contributed by atoms with E-state index in [4.69, 9.17) is 28.3 Å². The van der Waals surface area contributed by atoms with Crippen LogP contribution in [0, 0.1) is 13.8 Å². The topological polar surface area (TPSA) is 35.6 Å². The highest BCUT2D eigenvalue weighted by atomic mass is 79.9. The summed E-state index contributed by atoms with van der Waals surface area (Å²) < 4.78 is 5.65. The van der Waals surface area contributed by atoms with Crippen LogP contribution < -0.4 is 0 Å². The van der Waals surface area contributed by atoms with E-state index in [1.54, 1.807) is 0 Å². The summed E-state index contributed by atoms with van der Waals surface area (Å²) in [5.41, 5.74) is 5.12. The largest absolute Gasteiger partial charge is 0.246 e. The van der Waals surface area contributed by atoms with Gasteiger partial charge >= 0.3 is 0 Å². The summed E-state index contributed by atoms with van der Waals surface area (Å²) in [4.78, 5) is 0. The van der Waals surface area contributed by atoms with Crippen molar-refractivity contribution in [2.75, 3.05) is 0 Å². The summed E-state index contributed by atoms with van der Waals surface area (Å²) in [5.74, 6) is 0. The second-order valence-electron chi connectivity index (χ2n) is 6.66. The monoisotopic (exact) mass is 552 g/mol. The van der Waals surface area contributed by atoms with Crippen molar-refractivity contribution in [3.8, 4) is 22.5 Å². The maximum atomic E-state index is 6.88. The van der Waals surface area contributed by atoms with Crippen LogP contribution in [0.4, 0.5) is 0 Å². The molecule has 29 heavy (non-hydrogen) atoms. The molecule has 0 saturated carbocycles. The summed E-state index contributed by atoms with van der Waals surface area (Å²) >= 11 is 20.3. The smallest absolute Gasteiger partial charge is 0.134 e. The van der Waals surface area contributed by atoms with Gasteiger partial charge in [-0.15, -0.1) is 0 Å². The van der Waals surface area contributed by atoms with Crippen LogP contribution in [0.5, 0.6) is 0 Å². The van der Waals surface area contributed by atoms with E-state index in [2.05, 4.69) is 37.0 Å². The van der Waals surface area contributed by atoms with Gasteiger partial charge in [0.1, 0.15) is 12.4 Å². The van der Waals surface area contributed by atoms with Gasteiger partial charge in [-0.1, -0.05) is 79.3 Å². The molecule has 0 saturated heterocycles. The predicted molar refractivity (Wildman–Crippen MR) is 126 cm³/mol. The number of aromatic nitrogens is 4. The summed E-state index contributed by atoms with van der Waals surface area (Å²) in [6.07, 6.45) is 0. The van der Waals surface area contributed by atoms with Crippen LogP contribution in [0.2, 0.25) is 10.0 Å². The standard InChI is InChI=1S/C21H16Br2Cl2N4/c1-12-18(24)13(2)28(26-12)11-29-21(15-6-4-8-17(23)10-15)19(25)20(27-29)14-5-3-7-16(22)9-14/h3-10H,11H2,1-2H3. The van der Waals surface area contributed by atoms with E-state index >= 15 is 0 Å². The molecule has 0 amide bonds. The van der Waals surface area contributed by atoms with Crippen molar-refractivity contribution in [2.24, 2.45) is 0 Å². The van der Waals surface area contributed by atoms with Crippen LogP contribution in [0.15, 0.2) is 57.5 Å². The first-order chi connectivity index (χ1) is 13.8. The highest BCUT2D eigenvalue weighted by Crippen LogP contribution is 2.38. The van der Waals surface area contributed by atoms with Crippen LogP contribution in [0.25, 0.3) is 22.5 Å². The Morgan fingerprint density at radius 3 is 2.03 bits per heavy atom. The minimum Gasteiger partial charge on any atom is -0.246 e. The lowest BCUT2D eigenvalue weighted by Crippen LogP contribution is -2.13. The molecule has 0 aliphatic heterocycles. The average molecular weight is 555 g/mol. The fourth-order valence-electron chi connectivity index (χ4n) is 3.21. The van der Waals surface area contributed by atoms with E-state index < -0.39 is 0 Å². The number of hydrogen-bond acceptors (Lipinski definition) is 2. The molecule has 148 valence electrons. The Hall–Kier alpha value is -1.60. The Labute approximate surface area is 195 Å². The molecule has 0 bridgehead atoms. The van der Waals surface area contributed by atoms with Gasteiger partial charge in [-0.25, -0.2) is 9.36 Å². The van der Waals surface area contributed by atoms with Crippen molar-refractivity contribution in [3.63, 3.8) is 0 Å². The Bertz CT molecular complexity index is 1210. The first kappa shape index (κ1) is 20.7. The fraction of sp³-hybridized carbons (Fsp3) is 0.143. The molecular formula is C21H16Br2Cl2N4. The van der Waals surface area contributed by atoms with Crippen molar-refractivity contribution in [1.82, 2.24) is 19.6 Å². The van der Waals surface area contributed by atoms with Crippen LogP contribution in [0.1, 0.15) is 11.4 Å². The molecular weight excluding hydrogens is 539 g/mol. The van der Waals surface area contributed by atoms with Crippen molar-refractivity contribution < 1.29 is 0 Å². The molecule has 4 nitrogen and oxygen atoms in total. The van der Waals surface area contributed by atoms with Gasteiger partial charge in [0, 0.05) is 20.1 Å². The molecule has 0 N–H and O–H groups in total. The van der Waals surface area contributed by atoms with Gasteiger partial charge in [0.15, 0.2) is 0 Å². The molecule has 2 heterocycles. The maximum absolute atomic E-state index is 6.88. The van der Waals surface area contributed by atoms with E-state index in [0.717, 1.165) is 42.8 Å². The molecule has 0 aliphatic rings. The van der Waals surface area contributed by atoms with Gasteiger partial charge in [-0.2, -0.15) is 10.2 Å². The van der Waals surface area contributed by atoms with E-state index in [9.17, 15) is 0 Å². The van der Waals surface area contributed by atoms with Gasteiger partial charge in [0.05, 0.1) is 27.1 Å². The molecule has 8 heteroatoms. The number of benzene rings is 2. The molecule has 2 aromatic heterocycles. The molecule has 0 radical (unpaired) electrons. The normalized spacial score (nSPS) is 11.2. The summed E-state index contributed by atoms with van der Waals surface area (Å²) in [7, 11) is 0. The van der Waals surface area contributed by atoms with E-state index in [1.165, 1.54) is 0 Å². The zero-order valence-electron chi connectivity index (χ0n) is 15.6. The zero-order chi connectivity index (χ0) is 20.7. The highest BCUT2D eigenvalue weighted by molar-refractivity contribution is 9.10. The van der Waals surface area contributed by atoms with Crippen molar-refractivity contribution in [3.05, 3.63) is 78.9 Å². The molecule has 4 aromatic rings.